The fraction of sp³-hybridized carbons (Fsp3) is 0.211. The highest BCUT2D eigenvalue weighted by atomic mass is 32.2. The second-order valence-corrected chi connectivity index (χ2v) is 7.62. The number of hydrogen-bond acceptors (Lipinski definition) is 4. The van der Waals surface area contributed by atoms with Gasteiger partial charge in [0.2, 0.25) is 10.0 Å². The second kappa shape index (κ2) is 7.74. The maximum atomic E-state index is 12.7. The molecule has 0 saturated heterocycles. The summed E-state index contributed by atoms with van der Waals surface area (Å²) in [6, 6.07) is 16.8. The van der Waals surface area contributed by atoms with E-state index in [1.165, 1.54) is 0 Å². The summed E-state index contributed by atoms with van der Waals surface area (Å²) in [5.41, 5.74) is 6.98. The summed E-state index contributed by atoms with van der Waals surface area (Å²) in [7, 11) is -3.59. The fourth-order valence-corrected chi connectivity index (χ4v) is 4.19. The van der Waals surface area contributed by atoms with E-state index in [1.54, 1.807) is 30.6 Å². The van der Waals surface area contributed by atoms with Crippen LogP contribution < -0.4 is 10.5 Å². The maximum absolute atomic E-state index is 12.7. The van der Waals surface area contributed by atoms with Crippen LogP contribution in [0.3, 0.4) is 0 Å². The van der Waals surface area contributed by atoms with E-state index in [2.05, 4.69) is 9.71 Å². The van der Waals surface area contributed by atoms with Gasteiger partial charge in [-0.05, 0) is 36.6 Å². The predicted molar refractivity (Wildman–Crippen MR) is 99.8 cm³/mol. The minimum Gasteiger partial charge on any atom is -0.330 e. The SMILES string of the molecule is NCC(CCNS(=O)(=O)c1cccc2cnccc12)c1ccccc1. The van der Waals surface area contributed by atoms with E-state index in [0.717, 1.165) is 10.9 Å². The number of hydrogen-bond donors (Lipinski definition) is 2. The molecule has 1 heterocycles. The van der Waals surface area contributed by atoms with Gasteiger partial charge in [-0.2, -0.15) is 0 Å². The molecular weight excluding hydrogens is 334 g/mol. The summed E-state index contributed by atoms with van der Waals surface area (Å²) < 4.78 is 28.1. The van der Waals surface area contributed by atoms with Crippen molar-refractivity contribution in [1.29, 1.82) is 0 Å². The lowest BCUT2D eigenvalue weighted by atomic mass is 9.96. The number of sulfonamides is 1. The van der Waals surface area contributed by atoms with Crippen LogP contribution in [0.5, 0.6) is 0 Å². The Morgan fingerprint density at radius 3 is 2.60 bits per heavy atom. The lowest BCUT2D eigenvalue weighted by Gasteiger charge is -2.16. The van der Waals surface area contributed by atoms with Crippen LogP contribution in [0, 0.1) is 0 Å². The zero-order valence-corrected chi connectivity index (χ0v) is 14.6. The van der Waals surface area contributed by atoms with Crippen molar-refractivity contribution in [2.75, 3.05) is 13.1 Å². The molecule has 6 heteroatoms. The third-order valence-electron chi connectivity index (χ3n) is 4.27. The Morgan fingerprint density at radius 1 is 1.04 bits per heavy atom. The molecule has 3 rings (SSSR count). The summed E-state index contributed by atoms with van der Waals surface area (Å²) in [6.07, 6.45) is 3.90. The Morgan fingerprint density at radius 2 is 1.84 bits per heavy atom. The van der Waals surface area contributed by atoms with E-state index in [0.29, 0.717) is 24.9 Å². The average Bonchev–Trinajstić information content (AvgIpc) is 2.65. The predicted octanol–water partition coefficient (Wildman–Crippen LogP) is 2.65. The van der Waals surface area contributed by atoms with Crippen LogP contribution >= 0.6 is 0 Å². The highest BCUT2D eigenvalue weighted by molar-refractivity contribution is 7.89. The highest BCUT2D eigenvalue weighted by Crippen LogP contribution is 2.22. The molecule has 3 aromatic rings. The summed E-state index contributed by atoms with van der Waals surface area (Å²) in [4.78, 5) is 4.31. The monoisotopic (exact) mass is 355 g/mol. The maximum Gasteiger partial charge on any atom is 0.241 e. The highest BCUT2D eigenvalue weighted by Gasteiger charge is 2.18. The first kappa shape index (κ1) is 17.5. The van der Waals surface area contributed by atoms with Gasteiger partial charge in [0, 0.05) is 29.7 Å². The molecule has 0 radical (unpaired) electrons. The molecule has 130 valence electrons. The first-order valence-electron chi connectivity index (χ1n) is 8.19. The molecular formula is C19H21N3O2S. The second-order valence-electron chi connectivity index (χ2n) is 5.88. The Kier molecular flexibility index (Phi) is 5.43. The molecule has 1 atom stereocenters. The van der Waals surface area contributed by atoms with E-state index in [9.17, 15) is 8.42 Å². The van der Waals surface area contributed by atoms with Gasteiger partial charge in [0.1, 0.15) is 0 Å². The van der Waals surface area contributed by atoms with Crippen molar-refractivity contribution >= 4 is 20.8 Å². The van der Waals surface area contributed by atoms with Gasteiger partial charge in [-0.3, -0.25) is 4.98 Å². The fourth-order valence-electron chi connectivity index (χ4n) is 2.92. The van der Waals surface area contributed by atoms with Crippen LogP contribution in [0.2, 0.25) is 0 Å². The number of aromatic nitrogens is 1. The number of nitrogens with one attached hydrogen (secondary N) is 1. The van der Waals surface area contributed by atoms with Crippen molar-refractivity contribution in [3.8, 4) is 0 Å². The minimum atomic E-state index is -3.59. The van der Waals surface area contributed by atoms with Crippen molar-refractivity contribution in [3.05, 3.63) is 72.6 Å². The van der Waals surface area contributed by atoms with Crippen molar-refractivity contribution < 1.29 is 8.42 Å². The van der Waals surface area contributed by atoms with Crippen molar-refractivity contribution in [2.45, 2.75) is 17.2 Å². The van der Waals surface area contributed by atoms with Crippen LogP contribution in [-0.2, 0) is 10.0 Å². The molecule has 0 aliphatic heterocycles. The topological polar surface area (TPSA) is 85.1 Å². The van der Waals surface area contributed by atoms with E-state index in [1.807, 2.05) is 36.4 Å². The van der Waals surface area contributed by atoms with E-state index in [-0.39, 0.29) is 10.8 Å². The molecule has 0 aliphatic rings. The largest absolute Gasteiger partial charge is 0.330 e. The van der Waals surface area contributed by atoms with Gasteiger partial charge in [-0.25, -0.2) is 13.1 Å². The molecule has 0 saturated carbocycles. The van der Waals surface area contributed by atoms with Gasteiger partial charge < -0.3 is 5.73 Å². The number of nitrogens with zero attached hydrogens (tertiary/aromatic N) is 1. The molecule has 5 nitrogen and oxygen atoms in total. The third kappa shape index (κ3) is 4.04. The Balaban J connectivity index is 1.73. The number of rotatable bonds is 7. The van der Waals surface area contributed by atoms with Crippen LogP contribution in [0.25, 0.3) is 10.8 Å². The summed E-state index contributed by atoms with van der Waals surface area (Å²) >= 11 is 0. The molecule has 0 bridgehead atoms. The smallest absolute Gasteiger partial charge is 0.241 e. The van der Waals surface area contributed by atoms with Crippen molar-refractivity contribution in [3.63, 3.8) is 0 Å². The van der Waals surface area contributed by atoms with E-state index >= 15 is 0 Å². The normalized spacial score (nSPS) is 13.0. The molecule has 0 aliphatic carbocycles. The van der Waals surface area contributed by atoms with Crippen molar-refractivity contribution in [2.24, 2.45) is 5.73 Å². The first-order valence-corrected chi connectivity index (χ1v) is 9.67. The number of fused-ring (bicyclic) bond motifs is 1. The molecule has 0 fully saturated rings. The summed E-state index contributed by atoms with van der Waals surface area (Å²) in [5.74, 6) is 0.126. The Bertz CT molecular complexity index is 938. The Hall–Kier alpha value is -2.28. The van der Waals surface area contributed by atoms with Gasteiger partial charge in [-0.15, -0.1) is 0 Å². The molecule has 1 aromatic heterocycles. The number of nitrogens with two attached hydrogens (primary N) is 1. The lowest BCUT2D eigenvalue weighted by molar-refractivity contribution is 0.568. The molecule has 2 aromatic carbocycles. The van der Waals surface area contributed by atoms with Crippen molar-refractivity contribution in [1.82, 2.24) is 9.71 Å². The van der Waals surface area contributed by atoms with Crippen LogP contribution in [-0.4, -0.2) is 26.5 Å². The molecule has 1 unspecified atom stereocenters. The van der Waals surface area contributed by atoms with Gasteiger partial charge in [0.25, 0.3) is 0 Å². The van der Waals surface area contributed by atoms with Crippen LogP contribution in [0.4, 0.5) is 0 Å². The molecule has 25 heavy (non-hydrogen) atoms. The number of pyridine rings is 1. The van der Waals surface area contributed by atoms with E-state index < -0.39 is 10.0 Å². The third-order valence-corrected chi connectivity index (χ3v) is 5.79. The van der Waals surface area contributed by atoms with Gasteiger partial charge in [-0.1, -0.05) is 42.5 Å². The lowest BCUT2D eigenvalue weighted by Crippen LogP contribution is -2.27. The molecule has 0 spiro atoms. The van der Waals surface area contributed by atoms with Gasteiger partial charge in [0.05, 0.1) is 4.90 Å². The van der Waals surface area contributed by atoms with Gasteiger partial charge >= 0.3 is 0 Å². The standard InChI is InChI=1S/C19H21N3O2S/c20-13-16(15-5-2-1-3-6-15)9-12-22-25(23,24)19-8-4-7-17-14-21-11-10-18(17)19/h1-8,10-11,14,16,22H,9,12-13,20H2. The first-order chi connectivity index (χ1) is 12.1. The van der Waals surface area contributed by atoms with Crippen LogP contribution in [0.1, 0.15) is 17.9 Å². The quantitative estimate of drug-likeness (QED) is 0.682. The molecule has 3 N–H and O–H groups in total. The average molecular weight is 355 g/mol. The van der Waals surface area contributed by atoms with Crippen LogP contribution in [0.15, 0.2) is 71.9 Å². The number of benzene rings is 2. The van der Waals surface area contributed by atoms with E-state index in [4.69, 9.17) is 5.73 Å². The molecule has 0 amide bonds. The summed E-state index contributed by atoms with van der Waals surface area (Å²) in [5, 5.41) is 1.47. The Labute approximate surface area is 148 Å². The van der Waals surface area contributed by atoms with Gasteiger partial charge in [0.15, 0.2) is 0 Å². The zero-order valence-electron chi connectivity index (χ0n) is 13.8. The minimum absolute atomic E-state index is 0.126. The zero-order chi connectivity index (χ0) is 17.7. The summed E-state index contributed by atoms with van der Waals surface area (Å²) in [6.45, 7) is 0.812.